The number of benzene rings is 2. The molecule has 1 atom stereocenters. The molecule has 0 spiro atoms. The van der Waals surface area contributed by atoms with Gasteiger partial charge < -0.3 is 15.0 Å². The molecule has 27 heavy (non-hydrogen) atoms. The number of anilines is 2. The molecule has 1 heterocycles. The number of methoxy groups -OCH3 is 1. The summed E-state index contributed by atoms with van der Waals surface area (Å²) in [6, 6.07) is 15.0. The maximum absolute atomic E-state index is 11.2. The summed E-state index contributed by atoms with van der Waals surface area (Å²) in [5.41, 5.74) is 1.82. The lowest BCUT2D eigenvalue weighted by Gasteiger charge is -2.37. The zero-order valence-corrected chi connectivity index (χ0v) is 15.8. The van der Waals surface area contributed by atoms with Crippen molar-refractivity contribution in [3.63, 3.8) is 0 Å². The summed E-state index contributed by atoms with van der Waals surface area (Å²) >= 11 is 0. The van der Waals surface area contributed by atoms with Crippen LogP contribution in [0.2, 0.25) is 0 Å². The fraction of sp³-hybridized carbons (Fsp3) is 0.400. The summed E-state index contributed by atoms with van der Waals surface area (Å²) in [5.74, 6) is 0.900. The van der Waals surface area contributed by atoms with Crippen LogP contribution in [0, 0.1) is 10.1 Å². The van der Waals surface area contributed by atoms with E-state index in [-0.39, 0.29) is 16.7 Å². The highest BCUT2D eigenvalue weighted by atomic mass is 16.6. The Morgan fingerprint density at radius 2 is 1.78 bits per heavy atom. The number of piperazine rings is 1. The second kappa shape index (κ2) is 8.73. The Morgan fingerprint density at radius 3 is 2.48 bits per heavy atom. The fourth-order valence-electron chi connectivity index (χ4n) is 3.52. The second-order valence-electron chi connectivity index (χ2n) is 6.78. The zero-order chi connectivity index (χ0) is 19.2. The molecule has 0 aromatic heterocycles. The van der Waals surface area contributed by atoms with Gasteiger partial charge in [-0.2, -0.15) is 0 Å². The van der Waals surface area contributed by atoms with E-state index in [4.69, 9.17) is 4.74 Å². The molecule has 1 N–H and O–H groups in total. The standard InChI is InChI=1S/C20H26N4O3/c1-16(21-17-7-3-4-8-18(17)24(25)26)15-22-11-13-23(14-12-22)19-9-5-6-10-20(19)27-2/h3-10,16,21H,11-15H2,1-2H3. The highest BCUT2D eigenvalue weighted by molar-refractivity contribution is 5.61. The molecular formula is C20H26N4O3. The van der Waals surface area contributed by atoms with E-state index in [9.17, 15) is 10.1 Å². The molecule has 2 aromatic rings. The number of hydrogen-bond donors (Lipinski definition) is 1. The molecule has 1 aliphatic rings. The molecule has 0 bridgehead atoms. The van der Waals surface area contributed by atoms with Crippen molar-refractivity contribution in [1.82, 2.24) is 4.90 Å². The third-order valence-electron chi connectivity index (χ3n) is 4.83. The maximum atomic E-state index is 11.2. The summed E-state index contributed by atoms with van der Waals surface area (Å²) in [4.78, 5) is 15.5. The quantitative estimate of drug-likeness (QED) is 0.596. The van der Waals surface area contributed by atoms with Crippen LogP contribution in [0.25, 0.3) is 0 Å². The van der Waals surface area contributed by atoms with Crippen LogP contribution in [-0.4, -0.2) is 55.7 Å². The zero-order valence-electron chi connectivity index (χ0n) is 15.8. The van der Waals surface area contributed by atoms with Crippen LogP contribution in [0.3, 0.4) is 0 Å². The Morgan fingerprint density at radius 1 is 1.11 bits per heavy atom. The predicted molar refractivity (Wildman–Crippen MR) is 108 cm³/mol. The van der Waals surface area contributed by atoms with Gasteiger partial charge in [0.1, 0.15) is 11.4 Å². The number of para-hydroxylation sites is 4. The van der Waals surface area contributed by atoms with E-state index in [0.29, 0.717) is 5.69 Å². The lowest BCUT2D eigenvalue weighted by atomic mass is 10.2. The van der Waals surface area contributed by atoms with Crippen LogP contribution in [0.4, 0.5) is 17.1 Å². The van der Waals surface area contributed by atoms with E-state index < -0.39 is 0 Å². The van der Waals surface area contributed by atoms with Gasteiger partial charge in [0.15, 0.2) is 0 Å². The molecule has 3 rings (SSSR count). The van der Waals surface area contributed by atoms with E-state index in [1.807, 2.05) is 24.3 Å². The van der Waals surface area contributed by atoms with Gasteiger partial charge in [-0.15, -0.1) is 0 Å². The smallest absolute Gasteiger partial charge is 0.292 e. The van der Waals surface area contributed by atoms with Crippen LogP contribution in [0.15, 0.2) is 48.5 Å². The van der Waals surface area contributed by atoms with Gasteiger partial charge in [0.2, 0.25) is 0 Å². The number of nitro benzene ring substituents is 1. The SMILES string of the molecule is COc1ccccc1N1CCN(CC(C)Nc2ccccc2[N+](=O)[O-])CC1. The molecule has 1 aliphatic heterocycles. The average Bonchev–Trinajstić information content (AvgIpc) is 2.68. The van der Waals surface area contributed by atoms with Crippen LogP contribution in [-0.2, 0) is 0 Å². The van der Waals surface area contributed by atoms with Crippen LogP contribution in [0.1, 0.15) is 6.92 Å². The molecule has 7 nitrogen and oxygen atoms in total. The Hall–Kier alpha value is -2.80. The van der Waals surface area contributed by atoms with Crippen molar-refractivity contribution in [2.24, 2.45) is 0 Å². The van der Waals surface area contributed by atoms with Gasteiger partial charge >= 0.3 is 0 Å². The summed E-state index contributed by atoms with van der Waals surface area (Å²) < 4.78 is 5.47. The second-order valence-corrected chi connectivity index (χ2v) is 6.78. The van der Waals surface area contributed by atoms with Gasteiger partial charge in [0.05, 0.1) is 17.7 Å². The predicted octanol–water partition coefficient (Wildman–Crippen LogP) is 3.23. The topological polar surface area (TPSA) is 70.9 Å². The molecule has 0 saturated carbocycles. The Balaban J connectivity index is 1.54. The van der Waals surface area contributed by atoms with E-state index in [2.05, 4.69) is 28.1 Å². The number of hydrogen-bond acceptors (Lipinski definition) is 6. The summed E-state index contributed by atoms with van der Waals surface area (Å²) in [5, 5.41) is 14.4. The normalized spacial score (nSPS) is 16.0. The number of nitro groups is 1. The van der Waals surface area contributed by atoms with Gasteiger partial charge in [-0.3, -0.25) is 15.0 Å². The minimum atomic E-state index is -0.346. The van der Waals surface area contributed by atoms with Crippen LogP contribution in [0.5, 0.6) is 5.75 Å². The Kier molecular flexibility index (Phi) is 6.13. The molecule has 0 amide bonds. The number of ether oxygens (including phenoxy) is 1. The molecule has 2 aromatic carbocycles. The first kappa shape index (κ1) is 19.0. The van der Waals surface area contributed by atoms with Crippen molar-refractivity contribution in [2.45, 2.75) is 13.0 Å². The minimum Gasteiger partial charge on any atom is -0.495 e. The largest absolute Gasteiger partial charge is 0.495 e. The average molecular weight is 370 g/mol. The number of rotatable bonds is 7. The first-order valence-electron chi connectivity index (χ1n) is 9.18. The summed E-state index contributed by atoms with van der Waals surface area (Å²) in [7, 11) is 1.70. The lowest BCUT2D eigenvalue weighted by molar-refractivity contribution is -0.384. The molecule has 1 unspecified atom stereocenters. The lowest BCUT2D eigenvalue weighted by Crippen LogP contribution is -2.49. The van der Waals surface area contributed by atoms with E-state index in [1.54, 1.807) is 19.2 Å². The van der Waals surface area contributed by atoms with Crippen molar-refractivity contribution in [3.8, 4) is 5.75 Å². The molecule has 1 fully saturated rings. The van der Waals surface area contributed by atoms with Crippen LogP contribution >= 0.6 is 0 Å². The number of nitrogens with zero attached hydrogens (tertiary/aromatic N) is 3. The summed E-state index contributed by atoms with van der Waals surface area (Å²) in [6.45, 7) is 6.65. The van der Waals surface area contributed by atoms with E-state index in [0.717, 1.165) is 44.2 Å². The van der Waals surface area contributed by atoms with Gasteiger partial charge in [-0.25, -0.2) is 0 Å². The van der Waals surface area contributed by atoms with Gasteiger partial charge in [-0.1, -0.05) is 24.3 Å². The molecule has 0 aliphatic carbocycles. The minimum absolute atomic E-state index is 0.115. The van der Waals surface area contributed by atoms with E-state index >= 15 is 0 Å². The molecular weight excluding hydrogens is 344 g/mol. The highest BCUT2D eigenvalue weighted by Gasteiger charge is 2.21. The van der Waals surface area contributed by atoms with Gasteiger partial charge in [0, 0.05) is 44.8 Å². The monoisotopic (exact) mass is 370 g/mol. The van der Waals surface area contributed by atoms with Crippen molar-refractivity contribution in [3.05, 3.63) is 58.6 Å². The first-order valence-corrected chi connectivity index (χ1v) is 9.18. The van der Waals surface area contributed by atoms with Gasteiger partial charge in [0.25, 0.3) is 5.69 Å². The third kappa shape index (κ3) is 4.68. The highest BCUT2D eigenvalue weighted by Crippen LogP contribution is 2.28. The molecule has 0 radical (unpaired) electrons. The first-order chi connectivity index (χ1) is 13.1. The molecule has 1 saturated heterocycles. The number of nitrogens with one attached hydrogen (secondary N) is 1. The molecule has 7 heteroatoms. The fourth-order valence-corrected chi connectivity index (χ4v) is 3.52. The van der Waals surface area contributed by atoms with Crippen molar-refractivity contribution < 1.29 is 9.66 Å². The Labute approximate surface area is 159 Å². The van der Waals surface area contributed by atoms with Crippen molar-refractivity contribution in [1.29, 1.82) is 0 Å². The summed E-state index contributed by atoms with van der Waals surface area (Å²) in [6.07, 6.45) is 0. The Bertz CT molecular complexity index is 775. The van der Waals surface area contributed by atoms with Crippen molar-refractivity contribution in [2.75, 3.05) is 50.1 Å². The molecule has 144 valence electrons. The van der Waals surface area contributed by atoms with Gasteiger partial charge in [-0.05, 0) is 25.1 Å². The van der Waals surface area contributed by atoms with E-state index in [1.165, 1.54) is 6.07 Å². The van der Waals surface area contributed by atoms with Crippen LogP contribution < -0.4 is 15.0 Å². The maximum Gasteiger partial charge on any atom is 0.292 e. The third-order valence-corrected chi connectivity index (χ3v) is 4.83. The van der Waals surface area contributed by atoms with Crippen molar-refractivity contribution >= 4 is 17.1 Å².